The number of hydrogen-bond acceptors (Lipinski definition) is 6. The summed E-state index contributed by atoms with van der Waals surface area (Å²) >= 11 is 0. The van der Waals surface area contributed by atoms with Gasteiger partial charge < -0.3 is 9.47 Å². The van der Waals surface area contributed by atoms with Crippen LogP contribution in [0.4, 0.5) is 4.79 Å². The maximum atomic E-state index is 12.2. The Morgan fingerprint density at radius 2 is 1.87 bits per heavy atom. The van der Waals surface area contributed by atoms with E-state index in [4.69, 9.17) is 4.74 Å². The number of sulfonamides is 1. The van der Waals surface area contributed by atoms with Crippen LogP contribution in [0.1, 0.15) is 0 Å². The van der Waals surface area contributed by atoms with Crippen molar-refractivity contribution in [3.63, 3.8) is 0 Å². The summed E-state index contributed by atoms with van der Waals surface area (Å²) in [6.07, 6.45) is -0.704. The van der Waals surface area contributed by atoms with Gasteiger partial charge in [-0.25, -0.2) is 18.1 Å². The van der Waals surface area contributed by atoms with E-state index in [0.717, 1.165) is 4.90 Å². The first-order valence-corrected chi connectivity index (χ1v) is 8.73. The molecule has 3 rings (SSSR count). The third-order valence-corrected chi connectivity index (χ3v) is 5.49. The molecule has 2 heterocycles. The summed E-state index contributed by atoms with van der Waals surface area (Å²) in [6.45, 7) is -0.0196. The van der Waals surface area contributed by atoms with E-state index in [2.05, 4.69) is 4.74 Å². The number of carbonyl (C=O) groups is 2. The second-order valence-electron chi connectivity index (χ2n) is 5.27. The largest absolute Gasteiger partial charge is 0.492 e. The minimum Gasteiger partial charge on any atom is -0.492 e. The zero-order valence-electron chi connectivity index (χ0n) is 12.3. The van der Waals surface area contributed by atoms with Gasteiger partial charge in [-0.2, -0.15) is 4.31 Å². The topological polar surface area (TPSA) is 93.2 Å². The van der Waals surface area contributed by atoms with Crippen LogP contribution in [0.3, 0.4) is 0 Å². The van der Waals surface area contributed by atoms with E-state index in [1.807, 2.05) is 6.07 Å². The number of ether oxygens (including phenoxy) is 2. The summed E-state index contributed by atoms with van der Waals surface area (Å²) < 4.78 is 35.5. The molecule has 2 aliphatic heterocycles. The van der Waals surface area contributed by atoms with E-state index < -0.39 is 28.1 Å². The molecule has 1 aromatic carbocycles. The van der Waals surface area contributed by atoms with Crippen molar-refractivity contribution < 1.29 is 27.5 Å². The fraction of sp³-hybridized carbons (Fsp3) is 0.429. The fourth-order valence-electron chi connectivity index (χ4n) is 2.43. The Bertz CT molecular complexity index is 683. The smallest absolute Gasteiger partial charge is 0.417 e. The predicted octanol–water partition coefficient (Wildman–Crippen LogP) is 0.0582. The van der Waals surface area contributed by atoms with Crippen molar-refractivity contribution in [2.45, 2.75) is 6.04 Å². The van der Waals surface area contributed by atoms with E-state index in [1.54, 1.807) is 24.3 Å². The lowest BCUT2D eigenvalue weighted by Crippen LogP contribution is -2.62. The summed E-state index contributed by atoms with van der Waals surface area (Å²) in [6, 6.07) is 8.50. The number of cyclic esters (lactones) is 1. The van der Waals surface area contributed by atoms with Crippen LogP contribution in [-0.2, 0) is 19.6 Å². The number of nitrogens with zero attached hydrogens (tertiary/aromatic N) is 2. The van der Waals surface area contributed by atoms with Crippen LogP contribution in [0.25, 0.3) is 0 Å². The summed E-state index contributed by atoms with van der Waals surface area (Å²) in [5.74, 6) is 0.0200. The molecule has 0 unspecified atom stereocenters. The number of benzene rings is 1. The van der Waals surface area contributed by atoms with Crippen LogP contribution in [0.5, 0.6) is 5.75 Å². The van der Waals surface area contributed by atoms with Gasteiger partial charge in [0.05, 0.1) is 11.8 Å². The van der Waals surface area contributed by atoms with E-state index in [0.29, 0.717) is 5.75 Å². The molecule has 8 nitrogen and oxygen atoms in total. The van der Waals surface area contributed by atoms with Crippen LogP contribution < -0.4 is 4.74 Å². The summed E-state index contributed by atoms with van der Waals surface area (Å²) in [5, 5.41) is 0. The van der Waals surface area contributed by atoms with Crippen molar-refractivity contribution >= 4 is 22.0 Å². The average molecular weight is 340 g/mol. The van der Waals surface area contributed by atoms with Gasteiger partial charge in [0.2, 0.25) is 10.0 Å². The maximum Gasteiger partial charge on any atom is 0.417 e. The Labute approximate surface area is 133 Å². The van der Waals surface area contributed by atoms with Crippen LogP contribution in [-0.4, -0.2) is 67.7 Å². The zero-order valence-corrected chi connectivity index (χ0v) is 13.1. The van der Waals surface area contributed by atoms with E-state index in [1.165, 1.54) is 4.31 Å². The molecule has 2 aliphatic rings. The molecule has 0 bridgehead atoms. The maximum absolute atomic E-state index is 12.2. The van der Waals surface area contributed by atoms with Crippen LogP contribution in [0.2, 0.25) is 0 Å². The molecule has 0 atom stereocenters. The third-order valence-electron chi connectivity index (χ3n) is 3.73. The highest BCUT2D eigenvalue weighted by Gasteiger charge is 2.46. The lowest BCUT2D eigenvalue weighted by Gasteiger charge is -2.40. The molecule has 2 saturated heterocycles. The molecule has 0 spiro atoms. The van der Waals surface area contributed by atoms with Crippen LogP contribution >= 0.6 is 0 Å². The molecule has 0 radical (unpaired) electrons. The lowest BCUT2D eigenvalue weighted by atomic mass is 10.1. The first-order chi connectivity index (χ1) is 11.0. The van der Waals surface area contributed by atoms with Gasteiger partial charge in [0.1, 0.15) is 12.4 Å². The first kappa shape index (κ1) is 15.8. The number of hydrogen-bond donors (Lipinski definition) is 0. The van der Waals surface area contributed by atoms with Crippen molar-refractivity contribution in [1.82, 2.24) is 9.21 Å². The van der Waals surface area contributed by atoms with Gasteiger partial charge in [-0.3, -0.25) is 4.79 Å². The highest BCUT2D eigenvalue weighted by atomic mass is 32.2. The number of rotatable bonds is 6. The standard InChI is InChI=1S/C14H16N2O6S/c17-13-10-22-14(18)16(13)11-8-15(9-11)23(19,20)7-6-21-12-4-2-1-3-5-12/h1-5,11H,6-10H2. The predicted molar refractivity (Wildman–Crippen MR) is 79.3 cm³/mol. The quantitative estimate of drug-likeness (QED) is 0.727. The molecule has 2 amide bonds. The molecular weight excluding hydrogens is 324 g/mol. The number of para-hydroxylation sites is 1. The lowest BCUT2D eigenvalue weighted by molar-refractivity contribution is -0.128. The molecule has 124 valence electrons. The summed E-state index contributed by atoms with van der Waals surface area (Å²) in [7, 11) is -3.47. The number of carbonyl (C=O) groups excluding carboxylic acids is 2. The minimum absolute atomic E-state index is 0.0399. The van der Waals surface area contributed by atoms with Crippen LogP contribution in [0, 0.1) is 0 Å². The molecule has 0 aliphatic carbocycles. The van der Waals surface area contributed by atoms with Gasteiger partial charge in [-0.05, 0) is 12.1 Å². The number of imide groups is 1. The van der Waals surface area contributed by atoms with Gasteiger partial charge >= 0.3 is 6.09 Å². The molecular formula is C14H16N2O6S. The normalized spacial score (nSPS) is 19.6. The Hall–Kier alpha value is -2.13. The van der Waals surface area contributed by atoms with Gasteiger partial charge in [0, 0.05) is 13.1 Å². The van der Waals surface area contributed by atoms with Gasteiger partial charge in [-0.15, -0.1) is 0 Å². The molecule has 1 aromatic rings. The third kappa shape index (κ3) is 3.30. The SMILES string of the molecule is O=C1COC(=O)N1C1CN(S(=O)(=O)CCOc2ccccc2)C1. The molecule has 0 N–H and O–H groups in total. The average Bonchev–Trinajstić information content (AvgIpc) is 2.79. The van der Waals surface area contributed by atoms with Gasteiger partial charge in [0.15, 0.2) is 6.61 Å². The zero-order chi connectivity index (χ0) is 16.4. The molecule has 9 heteroatoms. The van der Waals surface area contributed by atoms with E-state index >= 15 is 0 Å². The van der Waals surface area contributed by atoms with Crippen molar-refractivity contribution in [2.75, 3.05) is 32.1 Å². The second kappa shape index (κ2) is 6.17. The Kier molecular flexibility index (Phi) is 4.22. The molecule has 0 saturated carbocycles. The minimum atomic E-state index is -3.47. The van der Waals surface area contributed by atoms with Crippen LogP contribution in [0.15, 0.2) is 30.3 Å². The second-order valence-corrected chi connectivity index (χ2v) is 7.36. The highest BCUT2D eigenvalue weighted by molar-refractivity contribution is 7.89. The number of amides is 2. The monoisotopic (exact) mass is 340 g/mol. The van der Waals surface area contributed by atoms with E-state index in [-0.39, 0.29) is 32.1 Å². The highest BCUT2D eigenvalue weighted by Crippen LogP contribution is 2.22. The van der Waals surface area contributed by atoms with Crippen molar-refractivity contribution in [2.24, 2.45) is 0 Å². The van der Waals surface area contributed by atoms with E-state index in [9.17, 15) is 18.0 Å². The molecule has 0 aromatic heterocycles. The Balaban J connectivity index is 1.48. The van der Waals surface area contributed by atoms with Crippen molar-refractivity contribution in [1.29, 1.82) is 0 Å². The van der Waals surface area contributed by atoms with Gasteiger partial charge in [0.25, 0.3) is 5.91 Å². The fourth-order valence-corrected chi connectivity index (χ4v) is 3.79. The molecule has 23 heavy (non-hydrogen) atoms. The summed E-state index contributed by atoms with van der Waals surface area (Å²) in [5.41, 5.74) is 0. The van der Waals surface area contributed by atoms with Crippen molar-refractivity contribution in [3.05, 3.63) is 30.3 Å². The first-order valence-electron chi connectivity index (χ1n) is 7.12. The summed E-state index contributed by atoms with van der Waals surface area (Å²) in [4.78, 5) is 23.9. The Morgan fingerprint density at radius 3 is 2.48 bits per heavy atom. The van der Waals surface area contributed by atoms with Gasteiger partial charge in [-0.1, -0.05) is 18.2 Å². The Morgan fingerprint density at radius 1 is 1.17 bits per heavy atom. The van der Waals surface area contributed by atoms with Crippen molar-refractivity contribution in [3.8, 4) is 5.75 Å². The molecule has 2 fully saturated rings.